The number of hydrogen-bond donors (Lipinski definition) is 0. The molecule has 0 N–H and O–H groups in total. The van der Waals surface area contributed by atoms with Crippen LogP contribution in [0.15, 0.2) is 49.1 Å². The quantitative estimate of drug-likeness (QED) is 0.217. The van der Waals surface area contributed by atoms with Gasteiger partial charge in [0.1, 0.15) is 23.1 Å². The Morgan fingerprint density at radius 2 is 1.03 bits per heavy atom. The molecule has 0 aliphatic rings. The van der Waals surface area contributed by atoms with E-state index in [0.29, 0.717) is 13.1 Å². The molecular formula is C20H20N4O6S4. The number of aromatic nitrogens is 4. The van der Waals surface area contributed by atoms with Crippen molar-refractivity contribution in [1.82, 2.24) is 9.97 Å². The van der Waals surface area contributed by atoms with E-state index in [2.05, 4.69) is 9.97 Å². The second kappa shape index (κ2) is 10.1. The summed E-state index contributed by atoms with van der Waals surface area (Å²) in [6.45, 7) is 0.878. The Labute approximate surface area is 204 Å². The molecule has 0 unspecified atom stereocenters. The van der Waals surface area contributed by atoms with Gasteiger partial charge in [-0.15, -0.1) is 0 Å². The highest BCUT2D eigenvalue weighted by Gasteiger charge is 2.15. The van der Waals surface area contributed by atoms with Crippen LogP contribution in [0.1, 0.15) is 12.8 Å². The maximum atomic E-state index is 10.7. The monoisotopic (exact) mass is 540 g/mol. The first-order valence-electron chi connectivity index (χ1n) is 10.2. The third-order valence-corrected chi connectivity index (χ3v) is 8.58. The summed E-state index contributed by atoms with van der Waals surface area (Å²) in [7, 11) is -8.40. The molecule has 10 nitrogen and oxygen atoms in total. The molecule has 14 heteroatoms. The van der Waals surface area contributed by atoms with Gasteiger partial charge in [0.15, 0.2) is 34.4 Å². The fourth-order valence-corrected chi connectivity index (χ4v) is 6.25. The Balaban J connectivity index is 1.40. The molecule has 0 aromatic carbocycles. The Bertz CT molecular complexity index is 1350. The molecule has 180 valence electrons. The maximum absolute atomic E-state index is 10.7. The summed E-state index contributed by atoms with van der Waals surface area (Å²) in [4.78, 5) is 11.0. The second-order valence-electron chi connectivity index (χ2n) is 7.53. The number of pyridine rings is 2. The fourth-order valence-electron chi connectivity index (χ4n) is 3.23. The first-order chi connectivity index (χ1) is 16.1. The van der Waals surface area contributed by atoms with Gasteiger partial charge in [-0.2, -0.15) is 0 Å². The van der Waals surface area contributed by atoms with Gasteiger partial charge in [-0.1, -0.05) is 22.7 Å². The zero-order valence-electron chi connectivity index (χ0n) is 17.7. The van der Waals surface area contributed by atoms with Crippen molar-refractivity contribution in [2.24, 2.45) is 0 Å². The topological polar surface area (TPSA) is 148 Å². The number of rotatable bonds is 10. The Kier molecular flexibility index (Phi) is 7.35. The lowest BCUT2D eigenvalue weighted by Crippen LogP contribution is -2.33. The van der Waals surface area contributed by atoms with Gasteiger partial charge >= 0.3 is 0 Å². The van der Waals surface area contributed by atoms with Crippen molar-refractivity contribution in [3.8, 4) is 21.1 Å². The van der Waals surface area contributed by atoms with E-state index in [0.717, 1.165) is 30.8 Å². The molecule has 0 atom stereocenters. The summed E-state index contributed by atoms with van der Waals surface area (Å²) in [5.74, 6) is -0.767. The maximum Gasteiger partial charge on any atom is 0.169 e. The highest BCUT2D eigenvalue weighted by Crippen LogP contribution is 2.36. The normalized spacial score (nSPS) is 12.4. The van der Waals surface area contributed by atoms with Crippen molar-refractivity contribution in [2.45, 2.75) is 25.9 Å². The van der Waals surface area contributed by atoms with Crippen molar-refractivity contribution in [3.63, 3.8) is 0 Å². The summed E-state index contributed by atoms with van der Waals surface area (Å²) in [5.41, 5.74) is 1.84. The summed E-state index contributed by atoms with van der Waals surface area (Å²) < 4.78 is 67.9. The lowest BCUT2D eigenvalue weighted by atomic mass is 10.3. The van der Waals surface area contributed by atoms with E-state index >= 15 is 0 Å². The van der Waals surface area contributed by atoms with Gasteiger partial charge in [0.05, 0.1) is 20.2 Å². The second-order valence-corrected chi connectivity index (χ2v) is 12.5. The van der Waals surface area contributed by atoms with Crippen molar-refractivity contribution in [2.75, 3.05) is 11.5 Å². The molecule has 34 heavy (non-hydrogen) atoms. The Morgan fingerprint density at radius 1 is 0.676 bits per heavy atom. The number of hydrogen-bond acceptors (Lipinski definition) is 10. The van der Waals surface area contributed by atoms with Crippen molar-refractivity contribution >= 4 is 52.6 Å². The SMILES string of the molecule is O=S(=O)([O-])CCC[n+]1ccc(-c2nc3sc(-c4cc[n+](CCCS(=O)(=O)[O-])cc4)nc3s2)cc1. The van der Waals surface area contributed by atoms with E-state index in [1.54, 1.807) is 0 Å². The van der Waals surface area contributed by atoms with Crippen LogP contribution in [-0.2, 0) is 33.3 Å². The largest absolute Gasteiger partial charge is 0.748 e. The lowest BCUT2D eigenvalue weighted by Gasteiger charge is -2.04. The average molecular weight is 541 g/mol. The minimum Gasteiger partial charge on any atom is -0.748 e. The molecule has 0 fully saturated rings. The molecule has 4 heterocycles. The first-order valence-corrected chi connectivity index (χ1v) is 15.0. The third-order valence-electron chi connectivity index (χ3n) is 4.87. The molecule has 0 saturated heterocycles. The molecular weight excluding hydrogens is 521 g/mol. The van der Waals surface area contributed by atoms with Crippen LogP contribution in [0, 0.1) is 0 Å². The van der Waals surface area contributed by atoms with E-state index in [1.165, 1.54) is 22.7 Å². The van der Waals surface area contributed by atoms with Crippen LogP contribution < -0.4 is 9.13 Å². The van der Waals surface area contributed by atoms with Crippen molar-refractivity contribution in [3.05, 3.63) is 49.1 Å². The minimum absolute atomic E-state index is 0.261. The van der Waals surface area contributed by atoms with Crippen LogP contribution in [-0.4, -0.2) is 47.4 Å². The predicted octanol–water partition coefficient (Wildman–Crippen LogP) is 1.53. The van der Waals surface area contributed by atoms with E-state index < -0.39 is 20.2 Å². The van der Waals surface area contributed by atoms with E-state index in [-0.39, 0.29) is 24.3 Å². The van der Waals surface area contributed by atoms with Gasteiger partial charge in [-0.3, -0.25) is 0 Å². The molecule has 0 radical (unpaired) electrons. The van der Waals surface area contributed by atoms with Crippen molar-refractivity contribution < 1.29 is 35.1 Å². The summed E-state index contributed by atoms with van der Waals surface area (Å²) in [6.07, 6.45) is 7.83. The summed E-state index contributed by atoms with van der Waals surface area (Å²) >= 11 is 2.95. The van der Waals surface area contributed by atoms with Gasteiger partial charge < -0.3 is 9.11 Å². The smallest absolute Gasteiger partial charge is 0.169 e. The van der Waals surface area contributed by atoms with Crippen LogP contribution in [0.3, 0.4) is 0 Å². The van der Waals surface area contributed by atoms with Gasteiger partial charge in [-0.05, 0) is 0 Å². The molecule has 0 amide bonds. The van der Waals surface area contributed by atoms with Gasteiger partial charge in [0.25, 0.3) is 0 Å². The summed E-state index contributed by atoms with van der Waals surface area (Å²) in [5, 5.41) is 1.66. The van der Waals surface area contributed by atoms with Crippen LogP contribution in [0.4, 0.5) is 0 Å². The molecule has 0 saturated carbocycles. The highest BCUT2D eigenvalue weighted by molar-refractivity contribution is 7.85. The van der Waals surface area contributed by atoms with Gasteiger partial charge in [0, 0.05) is 59.7 Å². The lowest BCUT2D eigenvalue weighted by molar-refractivity contribution is -0.696. The van der Waals surface area contributed by atoms with Crippen LogP contribution in [0.25, 0.3) is 30.8 Å². The van der Waals surface area contributed by atoms with Gasteiger partial charge in [-0.25, -0.2) is 35.9 Å². The Morgan fingerprint density at radius 3 is 1.35 bits per heavy atom. The molecule has 0 aliphatic heterocycles. The van der Waals surface area contributed by atoms with Gasteiger partial charge in [0.2, 0.25) is 0 Å². The van der Waals surface area contributed by atoms with E-state index in [9.17, 15) is 25.9 Å². The molecule has 0 spiro atoms. The third kappa shape index (κ3) is 6.84. The Hall–Kier alpha value is -2.36. The average Bonchev–Trinajstić information content (AvgIpc) is 3.32. The standard InChI is InChI=1S/C20H20N4O6S4/c25-33(26,27)13-1-7-23-9-3-15(4-10-23)17-21-19-20(31-17)22-18(32-19)16-5-11-24(12-6-16)8-2-14-34(28,29)30/h3-6,9-12H,1-2,7-8,13-14H2. The molecule has 4 aromatic heterocycles. The van der Waals surface area contributed by atoms with Crippen molar-refractivity contribution in [1.29, 1.82) is 0 Å². The van der Waals surface area contributed by atoms with Crippen LogP contribution in [0.2, 0.25) is 0 Å². The molecule has 0 aliphatic carbocycles. The number of nitrogens with zero attached hydrogens (tertiary/aromatic N) is 4. The number of thiazole rings is 2. The zero-order valence-corrected chi connectivity index (χ0v) is 21.0. The van der Waals surface area contributed by atoms with E-state index in [4.69, 9.17) is 0 Å². The molecule has 4 rings (SSSR count). The fraction of sp³-hybridized carbons (Fsp3) is 0.300. The predicted molar refractivity (Wildman–Crippen MR) is 125 cm³/mol. The highest BCUT2D eigenvalue weighted by atomic mass is 32.2. The minimum atomic E-state index is -4.20. The number of fused-ring (bicyclic) bond motifs is 1. The molecule has 4 aromatic rings. The van der Waals surface area contributed by atoms with E-state index in [1.807, 2.05) is 58.2 Å². The van der Waals surface area contributed by atoms with Crippen LogP contribution >= 0.6 is 22.7 Å². The summed E-state index contributed by atoms with van der Waals surface area (Å²) in [6, 6.07) is 7.57. The number of aryl methyl sites for hydroxylation is 2. The van der Waals surface area contributed by atoms with Crippen LogP contribution in [0.5, 0.6) is 0 Å². The first kappa shape index (κ1) is 24.8. The zero-order chi connectivity index (χ0) is 24.3. The molecule has 0 bridgehead atoms.